The Kier molecular flexibility index (Phi) is 3.41. The number of halogens is 1. The van der Waals surface area contributed by atoms with E-state index in [-0.39, 0.29) is 0 Å². The van der Waals surface area contributed by atoms with Gasteiger partial charge in [-0.1, -0.05) is 12.2 Å². The number of rotatable bonds is 5. The second-order valence-electron chi connectivity index (χ2n) is 3.33. The van der Waals surface area contributed by atoms with E-state index in [0.29, 0.717) is 5.41 Å². The first-order valence-corrected chi connectivity index (χ1v) is 4.74. The van der Waals surface area contributed by atoms with Crippen LogP contribution >= 0.6 is 11.6 Å². The minimum absolute atomic E-state index is 0.461. The molecule has 1 saturated carbocycles. The maximum atomic E-state index is 5.81. The summed E-state index contributed by atoms with van der Waals surface area (Å²) in [6.45, 7) is 4.10. The van der Waals surface area contributed by atoms with Gasteiger partial charge in [-0.25, -0.2) is 0 Å². The molecule has 1 rings (SSSR count). The van der Waals surface area contributed by atoms with Crippen LogP contribution in [0, 0.1) is 5.41 Å². The second kappa shape index (κ2) is 4.13. The van der Waals surface area contributed by atoms with E-state index in [9.17, 15) is 0 Å². The summed E-state index contributed by atoms with van der Waals surface area (Å²) in [5.41, 5.74) is 0.461. The molecule has 1 fully saturated rings. The number of hydrogen-bond donors (Lipinski definition) is 1. The molecule has 0 heterocycles. The molecule has 0 aromatic heterocycles. The first-order valence-electron chi connectivity index (χ1n) is 4.21. The fourth-order valence-electron chi connectivity index (χ4n) is 1.07. The van der Waals surface area contributed by atoms with Crippen LogP contribution < -0.4 is 5.32 Å². The number of nitrogens with one attached hydrogen (secondary N) is 1. The van der Waals surface area contributed by atoms with Crippen molar-refractivity contribution >= 4 is 11.6 Å². The molecule has 0 aromatic carbocycles. The van der Waals surface area contributed by atoms with Gasteiger partial charge in [0.25, 0.3) is 0 Å². The van der Waals surface area contributed by atoms with Crippen LogP contribution in [0.1, 0.15) is 19.8 Å². The lowest BCUT2D eigenvalue weighted by Crippen LogP contribution is -2.25. The van der Waals surface area contributed by atoms with E-state index >= 15 is 0 Å². The van der Waals surface area contributed by atoms with Crippen molar-refractivity contribution < 1.29 is 0 Å². The largest absolute Gasteiger partial charge is 0.313 e. The third-order valence-electron chi connectivity index (χ3n) is 2.24. The quantitative estimate of drug-likeness (QED) is 0.382. The predicted octanol–water partition coefficient (Wildman–Crippen LogP) is 2.17. The van der Waals surface area contributed by atoms with Crippen molar-refractivity contribution in [2.45, 2.75) is 19.8 Å². The monoisotopic (exact) mass is 173 g/mol. The Bertz CT molecular complexity index is 138. The molecule has 1 aliphatic rings. The predicted molar refractivity (Wildman–Crippen MR) is 50.1 cm³/mol. The van der Waals surface area contributed by atoms with Crippen molar-refractivity contribution in [3.8, 4) is 0 Å². The minimum atomic E-state index is 0.461. The molecule has 0 amide bonds. The zero-order valence-corrected chi connectivity index (χ0v) is 7.82. The molecular formula is C9H16ClN. The molecule has 0 unspecified atom stereocenters. The van der Waals surface area contributed by atoms with Gasteiger partial charge < -0.3 is 5.32 Å². The summed E-state index contributed by atoms with van der Waals surface area (Å²) in [4.78, 5) is 0. The normalized spacial score (nSPS) is 20.9. The van der Waals surface area contributed by atoms with E-state index in [1.165, 1.54) is 12.8 Å². The summed E-state index contributed by atoms with van der Waals surface area (Å²) >= 11 is 5.81. The van der Waals surface area contributed by atoms with E-state index < -0.39 is 0 Å². The summed E-state index contributed by atoms with van der Waals surface area (Å²) in [6, 6.07) is 0. The Morgan fingerprint density at radius 1 is 1.55 bits per heavy atom. The first kappa shape index (κ1) is 9.08. The van der Waals surface area contributed by atoms with E-state index in [1.807, 2.05) is 6.92 Å². The Hall–Kier alpha value is -0.0100. The number of alkyl halides is 1. The highest BCUT2D eigenvalue weighted by atomic mass is 35.5. The van der Waals surface area contributed by atoms with E-state index in [0.717, 1.165) is 19.0 Å². The summed E-state index contributed by atoms with van der Waals surface area (Å²) in [5, 5.41) is 3.37. The molecule has 0 atom stereocenters. The molecule has 1 N–H and O–H groups in total. The molecule has 0 aromatic rings. The van der Waals surface area contributed by atoms with Crippen LogP contribution in [0.25, 0.3) is 0 Å². The third kappa shape index (κ3) is 2.84. The lowest BCUT2D eigenvalue weighted by atomic mass is 10.1. The first-order chi connectivity index (χ1) is 5.33. The van der Waals surface area contributed by atoms with E-state index in [4.69, 9.17) is 11.6 Å². The van der Waals surface area contributed by atoms with Crippen molar-refractivity contribution in [1.29, 1.82) is 0 Å². The second-order valence-corrected chi connectivity index (χ2v) is 3.60. The van der Waals surface area contributed by atoms with Crippen molar-refractivity contribution in [3.05, 3.63) is 12.2 Å². The fourth-order valence-corrected chi connectivity index (χ4v) is 1.43. The Labute approximate surface area is 73.8 Å². The summed E-state index contributed by atoms with van der Waals surface area (Å²) in [5.74, 6) is 0.815. The Morgan fingerprint density at radius 3 is 2.73 bits per heavy atom. The van der Waals surface area contributed by atoms with Gasteiger partial charge >= 0.3 is 0 Å². The Balaban J connectivity index is 2.03. The highest BCUT2D eigenvalue weighted by Crippen LogP contribution is 2.45. The number of allylic oxidation sites excluding steroid dienone is 1. The van der Waals surface area contributed by atoms with E-state index in [1.54, 1.807) is 0 Å². The molecule has 11 heavy (non-hydrogen) atoms. The topological polar surface area (TPSA) is 12.0 Å². The molecule has 1 nitrogen and oxygen atoms in total. The molecule has 0 saturated heterocycles. The van der Waals surface area contributed by atoms with Gasteiger partial charge in [0.15, 0.2) is 0 Å². The zero-order valence-electron chi connectivity index (χ0n) is 7.07. The van der Waals surface area contributed by atoms with Crippen LogP contribution in [-0.2, 0) is 0 Å². The van der Waals surface area contributed by atoms with Crippen molar-refractivity contribution in [2.24, 2.45) is 5.41 Å². The summed E-state index contributed by atoms with van der Waals surface area (Å²) in [6.07, 6.45) is 6.80. The van der Waals surface area contributed by atoms with E-state index in [2.05, 4.69) is 17.5 Å². The number of hydrogen-bond acceptors (Lipinski definition) is 1. The summed E-state index contributed by atoms with van der Waals surface area (Å²) < 4.78 is 0. The highest BCUT2D eigenvalue weighted by molar-refractivity contribution is 6.18. The van der Waals surface area contributed by atoms with Crippen molar-refractivity contribution in [1.82, 2.24) is 5.32 Å². The molecule has 0 bridgehead atoms. The highest BCUT2D eigenvalue weighted by Gasteiger charge is 2.40. The van der Waals surface area contributed by atoms with Crippen molar-refractivity contribution in [3.63, 3.8) is 0 Å². The van der Waals surface area contributed by atoms with Crippen LogP contribution in [0.5, 0.6) is 0 Å². The van der Waals surface area contributed by atoms with Gasteiger partial charge in [0.1, 0.15) is 0 Å². The molecular weight excluding hydrogens is 158 g/mol. The lowest BCUT2D eigenvalue weighted by molar-refractivity contribution is 0.524. The maximum Gasteiger partial charge on any atom is 0.0292 e. The SMILES string of the molecule is C/C=C/CNCC1(CCl)CC1. The molecule has 0 aliphatic heterocycles. The van der Waals surface area contributed by atoms with Gasteiger partial charge in [-0.3, -0.25) is 0 Å². The van der Waals surface area contributed by atoms with Gasteiger partial charge in [-0.2, -0.15) is 0 Å². The fraction of sp³-hybridized carbons (Fsp3) is 0.778. The standard InChI is InChI=1S/C9H16ClN/c1-2-3-6-11-8-9(7-10)4-5-9/h2-3,11H,4-8H2,1H3/b3-2+. The van der Waals surface area contributed by atoms with Gasteiger partial charge in [-0.05, 0) is 25.2 Å². The smallest absolute Gasteiger partial charge is 0.0292 e. The van der Waals surface area contributed by atoms with Gasteiger partial charge in [0.05, 0.1) is 0 Å². The van der Waals surface area contributed by atoms with Crippen molar-refractivity contribution in [2.75, 3.05) is 19.0 Å². The molecule has 64 valence electrons. The van der Waals surface area contributed by atoms with Crippen LogP contribution in [0.15, 0.2) is 12.2 Å². The Morgan fingerprint density at radius 2 is 2.27 bits per heavy atom. The minimum Gasteiger partial charge on any atom is -0.313 e. The van der Waals surface area contributed by atoms with Crippen LogP contribution in [-0.4, -0.2) is 19.0 Å². The molecule has 2 heteroatoms. The zero-order chi connectivity index (χ0) is 8.16. The molecule has 0 radical (unpaired) electrons. The van der Waals surface area contributed by atoms with Crippen LogP contribution in [0.2, 0.25) is 0 Å². The summed E-state index contributed by atoms with van der Waals surface area (Å²) in [7, 11) is 0. The average molecular weight is 174 g/mol. The lowest BCUT2D eigenvalue weighted by Gasteiger charge is -2.10. The van der Waals surface area contributed by atoms with Gasteiger partial charge in [0.2, 0.25) is 0 Å². The van der Waals surface area contributed by atoms with Crippen LogP contribution in [0.4, 0.5) is 0 Å². The maximum absolute atomic E-state index is 5.81. The van der Waals surface area contributed by atoms with Gasteiger partial charge in [0, 0.05) is 19.0 Å². The van der Waals surface area contributed by atoms with Crippen LogP contribution in [0.3, 0.4) is 0 Å². The molecule has 1 aliphatic carbocycles. The van der Waals surface area contributed by atoms with Gasteiger partial charge in [-0.15, -0.1) is 11.6 Å². The third-order valence-corrected chi connectivity index (χ3v) is 2.81. The average Bonchev–Trinajstić information content (AvgIpc) is 2.80. The molecule has 0 spiro atoms.